The molecule has 0 aliphatic heterocycles. The van der Waals surface area contributed by atoms with Crippen LogP contribution in [0.5, 0.6) is 5.75 Å². The second-order valence-corrected chi connectivity index (χ2v) is 6.07. The van der Waals surface area contributed by atoms with E-state index in [9.17, 15) is 4.79 Å². The molecule has 6 heteroatoms. The van der Waals surface area contributed by atoms with Crippen LogP contribution in [0.1, 0.15) is 21.6 Å². The topological polar surface area (TPSA) is 77.2 Å². The van der Waals surface area contributed by atoms with Crippen molar-refractivity contribution in [3.05, 3.63) is 65.5 Å². The van der Waals surface area contributed by atoms with E-state index in [0.717, 1.165) is 27.5 Å². The smallest absolute Gasteiger partial charge is 0.257 e. The van der Waals surface area contributed by atoms with Crippen molar-refractivity contribution in [3.63, 3.8) is 0 Å². The fraction of sp³-hybridized carbons (Fsp3) is 0.150. The third kappa shape index (κ3) is 2.97. The van der Waals surface area contributed by atoms with Crippen molar-refractivity contribution < 1.29 is 14.1 Å². The van der Waals surface area contributed by atoms with Crippen molar-refractivity contribution >= 4 is 27.8 Å². The van der Waals surface area contributed by atoms with Crippen LogP contribution in [-0.2, 0) is 6.54 Å². The molecule has 0 saturated carbocycles. The Morgan fingerprint density at radius 2 is 1.96 bits per heavy atom. The summed E-state index contributed by atoms with van der Waals surface area (Å²) in [4.78, 5) is 16.6. The lowest BCUT2D eigenvalue weighted by atomic mass is 10.1. The van der Waals surface area contributed by atoms with Crippen molar-refractivity contribution in [1.82, 2.24) is 15.5 Å². The summed E-state index contributed by atoms with van der Waals surface area (Å²) in [7, 11) is 1.65. The molecule has 4 rings (SSSR count). The molecule has 130 valence electrons. The number of hydrogen-bond acceptors (Lipinski definition) is 5. The number of nitrogens with one attached hydrogen (secondary N) is 1. The van der Waals surface area contributed by atoms with Gasteiger partial charge in [-0.1, -0.05) is 23.4 Å². The van der Waals surface area contributed by atoms with Crippen LogP contribution in [0, 0.1) is 6.92 Å². The molecule has 0 aliphatic rings. The van der Waals surface area contributed by atoms with Gasteiger partial charge in [-0.15, -0.1) is 0 Å². The Morgan fingerprint density at radius 1 is 1.15 bits per heavy atom. The summed E-state index contributed by atoms with van der Waals surface area (Å²) in [5.41, 5.74) is 2.65. The van der Waals surface area contributed by atoms with E-state index in [0.29, 0.717) is 23.5 Å². The van der Waals surface area contributed by atoms with E-state index in [1.165, 1.54) is 6.20 Å². The van der Waals surface area contributed by atoms with Crippen molar-refractivity contribution in [2.45, 2.75) is 13.5 Å². The third-order valence-corrected chi connectivity index (χ3v) is 4.34. The highest BCUT2D eigenvalue weighted by Crippen LogP contribution is 2.22. The summed E-state index contributed by atoms with van der Waals surface area (Å²) in [6, 6.07) is 13.7. The predicted octanol–water partition coefficient (Wildman–Crippen LogP) is 3.62. The summed E-state index contributed by atoms with van der Waals surface area (Å²) >= 11 is 0. The molecule has 1 N–H and O–H groups in total. The number of amides is 1. The van der Waals surface area contributed by atoms with Crippen molar-refractivity contribution in [2.75, 3.05) is 7.11 Å². The molecule has 0 spiro atoms. The maximum Gasteiger partial charge on any atom is 0.257 e. The van der Waals surface area contributed by atoms with Crippen LogP contribution in [0.3, 0.4) is 0 Å². The van der Waals surface area contributed by atoms with Crippen molar-refractivity contribution in [3.8, 4) is 5.75 Å². The molecule has 4 aromatic rings. The number of rotatable bonds is 4. The Labute approximate surface area is 149 Å². The average Bonchev–Trinajstić information content (AvgIpc) is 3.05. The van der Waals surface area contributed by atoms with E-state index < -0.39 is 0 Å². The molecule has 2 aromatic carbocycles. The first-order chi connectivity index (χ1) is 12.6. The first kappa shape index (κ1) is 16.1. The van der Waals surface area contributed by atoms with Crippen molar-refractivity contribution in [1.29, 1.82) is 0 Å². The fourth-order valence-corrected chi connectivity index (χ4v) is 2.86. The van der Waals surface area contributed by atoms with E-state index in [1.807, 2.05) is 37.3 Å². The number of benzene rings is 2. The van der Waals surface area contributed by atoms with Gasteiger partial charge in [-0.2, -0.15) is 0 Å². The number of nitrogens with zero attached hydrogens (tertiary/aromatic N) is 2. The lowest BCUT2D eigenvalue weighted by Gasteiger charge is -2.08. The quantitative estimate of drug-likeness (QED) is 0.610. The number of fused-ring (bicyclic) bond motifs is 2. The number of carbonyl (C=O) groups is 1. The van der Waals surface area contributed by atoms with Crippen LogP contribution >= 0.6 is 0 Å². The molecule has 2 aromatic heterocycles. The number of pyridine rings is 1. The number of hydrogen-bond donors (Lipinski definition) is 1. The van der Waals surface area contributed by atoms with Gasteiger partial charge in [0.15, 0.2) is 0 Å². The number of carbonyl (C=O) groups excluding carboxylic acids is 1. The number of aromatic nitrogens is 2. The third-order valence-electron chi connectivity index (χ3n) is 4.34. The predicted molar refractivity (Wildman–Crippen MR) is 98.2 cm³/mol. The molecule has 0 saturated heterocycles. The van der Waals surface area contributed by atoms with Gasteiger partial charge in [0.2, 0.25) is 0 Å². The van der Waals surface area contributed by atoms with Crippen LogP contribution in [0.25, 0.3) is 21.9 Å². The normalized spacial score (nSPS) is 11.0. The van der Waals surface area contributed by atoms with E-state index in [-0.39, 0.29) is 5.91 Å². The summed E-state index contributed by atoms with van der Waals surface area (Å²) in [6.45, 7) is 2.25. The van der Waals surface area contributed by atoms with Crippen molar-refractivity contribution in [2.24, 2.45) is 0 Å². The minimum atomic E-state index is -0.185. The number of ether oxygens (including phenoxy) is 1. The summed E-state index contributed by atoms with van der Waals surface area (Å²) in [6.07, 6.45) is 1.49. The number of aryl methyl sites for hydroxylation is 1. The monoisotopic (exact) mass is 347 g/mol. The van der Waals surface area contributed by atoms with Crippen LogP contribution < -0.4 is 10.1 Å². The minimum Gasteiger partial charge on any atom is -0.497 e. The fourth-order valence-electron chi connectivity index (χ4n) is 2.86. The van der Waals surface area contributed by atoms with Gasteiger partial charge in [0.1, 0.15) is 5.75 Å². The molecule has 6 nitrogen and oxygen atoms in total. The lowest BCUT2D eigenvalue weighted by molar-refractivity contribution is 0.0950. The van der Waals surface area contributed by atoms with E-state index >= 15 is 0 Å². The summed E-state index contributed by atoms with van der Waals surface area (Å²) < 4.78 is 10.3. The molecule has 2 heterocycles. The average molecular weight is 347 g/mol. The second-order valence-electron chi connectivity index (χ2n) is 6.07. The van der Waals surface area contributed by atoms with Crippen LogP contribution in [-0.4, -0.2) is 23.2 Å². The number of methoxy groups -OCH3 is 1. The van der Waals surface area contributed by atoms with Crippen LogP contribution in [0.4, 0.5) is 0 Å². The highest BCUT2D eigenvalue weighted by Gasteiger charge is 2.11. The Morgan fingerprint density at radius 3 is 2.81 bits per heavy atom. The van der Waals surface area contributed by atoms with Gasteiger partial charge in [0.05, 0.1) is 23.8 Å². The van der Waals surface area contributed by atoms with E-state index in [4.69, 9.17) is 9.26 Å². The second kappa shape index (κ2) is 6.48. The molecular weight excluding hydrogens is 330 g/mol. The molecule has 26 heavy (non-hydrogen) atoms. The Balaban J connectivity index is 1.51. The molecule has 0 atom stereocenters. The Kier molecular flexibility index (Phi) is 4.01. The molecule has 0 aliphatic carbocycles. The van der Waals surface area contributed by atoms with E-state index in [2.05, 4.69) is 21.5 Å². The highest BCUT2D eigenvalue weighted by atomic mass is 16.5. The zero-order valence-corrected chi connectivity index (χ0v) is 14.4. The molecule has 1 amide bonds. The van der Waals surface area contributed by atoms with Crippen LogP contribution in [0.2, 0.25) is 0 Å². The summed E-state index contributed by atoms with van der Waals surface area (Å²) in [5, 5.41) is 9.72. The zero-order valence-electron chi connectivity index (χ0n) is 14.4. The first-order valence-electron chi connectivity index (χ1n) is 8.21. The molecular formula is C20H17N3O3. The molecule has 0 unspecified atom stereocenters. The SMILES string of the molecule is COc1ccc2cc(CNC(=O)c3cnc4onc(C)c4c3)ccc2c1. The maximum absolute atomic E-state index is 12.4. The molecule has 0 fully saturated rings. The summed E-state index contributed by atoms with van der Waals surface area (Å²) in [5.74, 6) is 0.639. The van der Waals surface area contributed by atoms with Gasteiger partial charge in [-0.05, 0) is 47.5 Å². The maximum atomic E-state index is 12.4. The zero-order chi connectivity index (χ0) is 18.1. The van der Waals surface area contributed by atoms with Gasteiger partial charge in [-0.25, -0.2) is 4.98 Å². The Bertz CT molecular complexity index is 1120. The first-order valence-corrected chi connectivity index (χ1v) is 8.21. The van der Waals surface area contributed by atoms with Gasteiger partial charge in [0.25, 0.3) is 11.6 Å². The molecule has 0 bridgehead atoms. The molecule has 0 radical (unpaired) electrons. The van der Waals surface area contributed by atoms with Gasteiger partial charge in [0, 0.05) is 12.7 Å². The largest absolute Gasteiger partial charge is 0.497 e. The van der Waals surface area contributed by atoms with Gasteiger partial charge < -0.3 is 14.6 Å². The lowest BCUT2D eigenvalue weighted by Crippen LogP contribution is -2.22. The Hall–Kier alpha value is -3.41. The van der Waals surface area contributed by atoms with Gasteiger partial charge >= 0.3 is 0 Å². The minimum absolute atomic E-state index is 0.185. The van der Waals surface area contributed by atoms with E-state index in [1.54, 1.807) is 13.2 Å². The van der Waals surface area contributed by atoms with Crippen LogP contribution in [0.15, 0.2) is 53.2 Å². The highest BCUT2D eigenvalue weighted by molar-refractivity contribution is 5.97. The van der Waals surface area contributed by atoms with Gasteiger partial charge in [-0.3, -0.25) is 4.79 Å². The standard InChI is InChI=1S/C20H17N3O3/c1-12-18-9-16(11-22-20(18)26-23-12)19(24)21-10-13-3-4-15-8-17(25-2)6-5-14(15)7-13/h3-9,11H,10H2,1-2H3,(H,21,24).